The zero-order valence-electron chi connectivity index (χ0n) is 11.4. The maximum atomic E-state index is 11.5. The van der Waals surface area contributed by atoms with E-state index in [2.05, 4.69) is 10.6 Å². The number of carboxylic acid groups (broad SMARTS) is 1. The Hall–Kier alpha value is -2.22. The number of carboxylic acids is 1. The van der Waals surface area contributed by atoms with Gasteiger partial charge in [-0.05, 0) is 24.3 Å². The number of rotatable bonds is 8. The molecule has 0 unspecified atom stereocenters. The molecule has 1 rings (SSSR count). The van der Waals surface area contributed by atoms with Gasteiger partial charge in [0, 0.05) is 4.90 Å². The van der Waals surface area contributed by atoms with Crippen molar-refractivity contribution in [2.24, 2.45) is 0 Å². The largest absolute Gasteiger partial charge is 0.497 e. The zero-order valence-corrected chi connectivity index (χ0v) is 12.2. The molecule has 21 heavy (non-hydrogen) atoms. The van der Waals surface area contributed by atoms with E-state index < -0.39 is 18.4 Å². The Morgan fingerprint density at radius 2 is 1.71 bits per heavy atom. The third-order valence-corrected chi connectivity index (χ3v) is 3.32. The summed E-state index contributed by atoms with van der Waals surface area (Å²) in [5.74, 6) is -1.08. The molecule has 0 saturated carbocycles. The lowest BCUT2D eigenvalue weighted by molar-refractivity contribution is -0.137. The van der Waals surface area contributed by atoms with Crippen LogP contribution >= 0.6 is 11.8 Å². The van der Waals surface area contributed by atoms with E-state index in [1.165, 1.54) is 11.8 Å². The number of ether oxygens (including phenoxy) is 1. The van der Waals surface area contributed by atoms with E-state index in [1.54, 1.807) is 19.2 Å². The van der Waals surface area contributed by atoms with Crippen molar-refractivity contribution in [3.63, 3.8) is 0 Å². The van der Waals surface area contributed by atoms with Crippen LogP contribution in [0.15, 0.2) is 29.2 Å². The van der Waals surface area contributed by atoms with Crippen LogP contribution in [-0.4, -0.2) is 48.8 Å². The molecule has 0 aliphatic rings. The number of nitrogens with one attached hydrogen (secondary N) is 2. The summed E-state index contributed by atoms with van der Waals surface area (Å²) in [6, 6.07) is 7.24. The predicted octanol–water partition coefficient (Wildman–Crippen LogP) is 0.104. The molecule has 7 nitrogen and oxygen atoms in total. The predicted molar refractivity (Wildman–Crippen MR) is 77.4 cm³/mol. The van der Waals surface area contributed by atoms with E-state index in [4.69, 9.17) is 9.84 Å². The van der Waals surface area contributed by atoms with Crippen LogP contribution in [0.1, 0.15) is 0 Å². The molecule has 0 aliphatic carbocycles. The first kappa shape index (κ1) is 16.8. The van der Waals surface area contributed by atoms with E-state index in [0.717, 1.165) is 10.6 Å². The molecule has 8 heteroatoms. The Morgan fingerprint density at radius 3 is 2.29 bits per heavy atom. The number of hydrogen-bond donors (Lipinski definition) is 3. The summed E-state index contributed by atoms with van der Waals surface area (Å²) < 4.78 is 5.02. The number of thioether (sulfide) groups is 1. The first-order valence-electron chi connectivity index (χ1n) is 6.03. The number of amides is 2. The van der Waals surface area contributed by atoms with E-state index in [1.807, 2.05) is 12.1 Å². The van der Waals surface area contributed by atoms with E-state index >= 15 is 0 Å². The highest BCUT2D eigenvalue weighted by Gasteiger charge is 2.07. The van der Waals surface area contributed by atoms with Crippen LogP contribution in [0.2, 0.25) is 0 Å². The van der Waals surface area contributed by atoms with Gasteiger partial charge in [-0.25, -0.2) is 0 Å². The molecule has 0 atom stereocenters. The SMILES string of the molecule is COc1ccc(SCC(=O)NCC(=O)NCC(=O)O)cc1. The van der Waals surface area contributed by atoms with Gasteiger partial charge in [0.25, 0.3) is 0 Å². The third kappa shape index (κ3) is 7.21. The second-order valence-corrected chi connectivity index (χ2v) is 4.96. The van der Waals surface area contributed by atoms with E-state index in [0.29, 0.717) is 0 Å². The number of carbonyl (C=O) groups excluding carboxylic acids is 2. The van der Waals surface area contributed by atoms with Crippen molar-refractivity contribution in [3.05, 3.63) is 24.3 Å². The molecule has 1 aromatic rings. The summed E-state index contributed by atoms with van der Waals surface area (Å²) in [5.41, 5.74) is 0. The van der Waals surface area contributed by atoms with E-state index in [-0.39, 0.29) is 18.2 Å². The molecule has 0 saturated heterocycles. The minimum Gasteiger partial charge on any atom is -0.497 e. The summed E-state index contributed by atoms with van der Waals surface area (Å²) in [6.45, 7) is -0.704. The number of hydrogen-bond acceptors (Lipinski definition) is 5. The highest BCUT2D eigenvalue weighted by molar-refractivity contribution is 8.00. The molecule has 0 aliphatic heterocycles. The van der Waals surface area contributed by atoms with Crippen molar-refractivity contribution in [3.8, 4) is 5.75 Å². The van der Waals surface area contributed by atoms with Crippen molar-refractivity contribution < 1.29 is 24.2 Å². The van der Waals surface area contributed by atoms with E-state index in [9.17, 15) is 14.4 Å². The van der Waals surface area contributed by atoms with Gasteiger partial charge < -0.3 is 20.5 Å². The minimum atomic E-state index is -1.13. The van der Waals surface area contributed by atoms with Crippen LogP contribution < -0.4 is 15.4 Å². The highest BCUT2D eigenvalue weighted by atomic mass is 32.2. The molecule has 2 amide bonds. The van der Waals surface area contributed by atoms with Gasteiger partial charge in [0.2, 0.25) is 11.8 Å². The Bertz CT molecular complexity index is 504. The first-order valence-corrected chi connectivity index (χ1v) is 7.02. The maximum Gasteiger partial charge on any atom is 0.322 e. The lowest BCUT2D eigenvalue weighted by atomic mass is 10.3. The molecule has 0 aromatic heterocycles. The van der Waals surface area contributed by atoms with Crippen LogP contribution in [0.3, 0.4) is 0 Å². The third-order valence-electron chi connectivity index (χ3n) is 2.31. The number of benzene rings is 1. The lowest BCUT2D eigenvalue weighted by Gasteiger charge is -2.06. The van der Waals surface area contributed by atoms with Crippen molar-refractivity contribution >= 4 is 29.5 Å². The fraction of sp³-hybridized carbons (Fsp3) is 0.308. The molecule has 3 N–H and O–H groups in total. The molecule has 0 bridgehead atoms. The zero-order chi connectivity index (χ0) is 15.7. The van der Waals surface area contributed by atoms with Gasteiger partial charge in [-0.3, -0.25) is 14.4 Å². The second-order valence-electron chi connectivity index (χ2n) is 3.91. The molecule has 1 aromatic carbocycles. The number of aliphatic carboxylic acids is 1. The van der Waals surface area contributed by atoms with Gasteiger partial charge in [0.15, 0.2) is 0 Å². The topological polar surface area (TPSA) is 105 Å². The normalized spacial score (nSPS) is 9.76. The van der Waals surface area contributed by atoms with Crippen molar-refractivity contribution in [1.82, 2.24) is 10.6 Å². The fourth-order valence-corrected chi connectivity index (χ4v) is 2.02. The molecule has 0 heterocycles. The smallest absolute Gasteiger partial charge is 0.322 e. The average Bonchev–Trinajstić information content (AvgIpc) is 2.49. The maximum absolute atomic E-state index is 11.5. The first-order chi connectivity index (χ1) is 10.0. The summed E-state index contributed by atoms with van der Waals surface area (Å²) >= 11 is 1.32. The second kappa shape index (κ2) is 8.85. The Kier molecular flexibility index (Phi) is 7.10. The van der Waals surface area contributed by atoms with Crippen molar-refractivity contribution in [2.45, 2.75) is 4.90 Å². The van der Waals surface area contributed by atoms with Crippen LogP contribution in [0, 0.1) is 0 Å². The monoisotopic (exact) mass is 312 g/mol. The van der Waals surface area contributed by atoms with Crippen LogP contribution in [-0.2, 0) is 14.4 Å². The van der Waals surface area contributed by atoms with Gasteiger partial charge in [0.05, 0.1) is 19.4 Å². The fourth-order valence-electron chi connectivity index (χ4n) is 1.29. The quantitative estimate of drug-likeness (QED) is 0.588. The summed E-state index contributed by atoms with van der Waals surface area (Å²) in [5, 5.41) is 12.9. The van der Waals surface area contributed by atoms with Gasteiger partial charge in [-0.2, -0.15) is 0 Å². The van der Waals surface area contributed by atoms with Crippen LogP contribution in [0.25, 0.3) is 0 Å². The summed E-state index contributed by atoms with van der Waals surface area (Å²) in [7, 11) is 1.57. The van der Waals surface area contributed by atoms with Crippen LogP contribution in [0.5, 0.6) is 5.75 Å². The van der Waals surface area contributed by atoms with Gasteiger partial charge in [-0.15, -0.1) is 11.8 Å². The van der Waals surface area contributed by atoms with Gasteiger partial charge >= 0.3 is 5.97 Å². The number of carbonyl (C=O) groups is 3. The molecule has 0 fully saturated rings. The molecular weight excluding hydrogens is 296 g/mol. The molecule has 0 spiro atoms. The van der Waals surface area contributed by atoms with Gasteiger partial charge in [0.1, 0.15) is 12.3 Å². The summed E-state index contributed by atoms with van der Waals surface area (Å²) in [4.78, 5) is 33.9. The lowest BCUT2D eigenvalue weighted by Crippen LogP contribution is -2.39. The van der Waals surface area contributed by atoms with Crippen molar-refractivity contribution in [2.75, 3.05) is 26.0 Å². The Balaban J connectivity index is 2.24. The average molecular weight is 312 g/mol. The van der Waals surface area contributed by atoms with Gasteiger partial charge in [-0.1, -0.05) is 0 Å². The minimum absolute atomic E-state index is 0.165. The Labute approximate surface area is 126 Å². The van der Waals surface area contributed by atoms with Crippen molar-refractivity contribution in [1.29, 1.82) is 0 Å². The number of methoxy groups -OCH3 is 1. The Morgan fingerprint density at radius 1 is 1.10 bits per heavy atom. The molecular formula is C13H16N2O5S. The standard InChI is InChI=1S/C13H16N2O5S/c1-20-9-2-4-10(5-3-9)21-8-12(17)14-6-11(16)15-7-13(18)19/h2-5H,6-8H2,1H3,(H,14,17)(H,15,16)(H,18,19). The summed E-state index contributed by atoms with van der Waals surface area (Å²) in [6.07, 6.45) is 0. The highest BCUT2D eigenvalue weighted by Crippen LogP contribution is 2.20. The molecule has 0 radical (unpaired) electrons. The molecule has 114 valence electrons. The van der Waals surface area contributed by atoms with Crippen LogP contribution in [0.4, 0.5) is 0 Å².